The fourth-order valence-electron chi connectivity index (χ4n) is 3.02. The highest BCUT2D eigenvalue weighted by Crippen LogP contribution is 2.20. The average Bonchev–Trinajstić information content (AvgIpc) is 2.67. The van der Waals surface area contributed by atoms with Gasteiger partial charge in [0.15, 0.2) is 5.58 Å². The van der Waals surface area contributed by atoms with Gasteiger partial charge in [-0.15, -0.1) is 0 Å². The van der Waals surface area contributed by atoms with E-state index in [9.17, 15) is 9.59 Å². The maximum atomic E-state index is 12.7. The lowest BCUT2D eigenvalue weighted by Gasteiger charge is -2.24. The number of likely N-dealkylation sites (tertiary alicyclic amines) is 1. The molecule has 0 bridgehead atoms. The lowest BCUT2D eigenvalue weighted by atomic mass is 10.2. The van der Waals surface area contributed by atoms with Crippen molar-refractivity contribution in [3.05, 3.63) is 34.8 Å². The molecule has 0 radical (unpaired) electrons. The van der Waals surface area contributed by atoms with E-state index in [0.717, 1.165) is 25.9 Å². The number of nitrogens with zero attached hydrogens (tertiary/aromatic N) is 2. The Labute approximate surface area is 123 Å². The molecule has 21 heavy (non-hydrogen) atoms. The predicted molar refractivity (Wildman–Crippen MR) is 80.2 cm³/mol. The van der Waals surface area contributed by atoms with Crippen molar-refractivity contribution < 1.29 is 9.21 Å². The molecule has 1 aliphatic rings. The van der Waals surface area contributed by atoms with Gasteiger partial charge in [-0.3, -0.25) is 9.36 Å². The van der Waals surface area contributed by atoms with Crippen LogP contribution in [0.3, 0.4) is 0 Å². The van der Waals surface area contributed by atoms with Gasteiger partial charge in [0.1, 0.15) is 6.04 Å². The van der Waals surface area contributed by atoms with Gasteiger partial charge in [-0.1, -0.05) is 25.0 Å². The van der Waals surface area contributed by atoms with E-state index in [0.29, 0.717) is 11.1 Å². The third-order valence-corrected chi connectivity index (χ3v) is 4.18. The van der Waals surface area contributed by atoms with Crippen LogP contribution >= 0.6 is 0 Å². The van der Waals surface area contributed by atoms with Crippen LogP contribution in [0.1, 0.15) is 38.6 Å². The van der Waals surface area contributed by atoms with Crippen molar-refractivity contribution in [1.29, 1.82) is 0 Å². The van der Waals surface area contributed by atoms with Crippen molar-refractivity contribution in [2.45, 2.75) is 38.6 Å². The normalized spacial score (nSPS) is 17.7. The first-order valence-corrected chi connectivity index (χ1v) is 7.57. The van der Waals surface area contributed by atoms with Crippen molar-refractivity contribution in [3.8, 4) is 0 Å². The molecule has 1 saturated heterocycles. The topological polar surface area (TPSA) is 55.5 Å². The van der Waals surface area contributed by atoms with Gasteiger partial charge in [0.25, 0.3) is 0 Å². The van der Waals surface area contributed by atoms with Crippen LogP contribution in [0.25, 0.3) is 11.1 Å². The van der Waals surface area contributed by atoms with Gasteiger partial charge in [-0.2, -0.15) is 0 Å². The summed E-state index contributed by atoms with van der Waals surface area (Å²) in [7, 11) is 0. The number of para-hydroxylation sites is 2. The molecule has 0 saturated carbocycles. The molecule has 1 aliphatic heterocycles. The fraction of sp³-hybridized carbons (Fsp3) is 0.500. The highest BCUT2D eigenvalue weighted by Gasteiger charge is 2.26. The van der Waals surface area contributed by atoms with Crippen LogP contribution in [-0.2, 0) is 4.79 Å². The number of benzene rings is 1. The molecule has 1 amide bonds. The lowest BCUT2D eigenvalue weighted by molar-refractivity contribution is -0.134. The first-order valence-electron chi connectivity index (χ1n) is 7.57. The summed E-state index contributed by atoms with van der Waals surface area (Å²) in [6, 6.07) is 6.69. The number of oxazole rings is 1. The van der Waals surface area contributed by atoms with E-state index in [1.54, 1.807) is 13.0 Å². The van der Waals surface area contributed by atoms with Crippen LogP contribution in [0.4, 0.5) is 0 Å². The van der Waals surface area contributed by atoms with Crippen molar-refractivity contribution in [1.82, 2.24) is 9.47 Å². The number of rotatable bonds is 2. The zero-order valence-corrected chi connectivity index (χ0v) is 12.2. The Hall–Kier alpha value is -2.04. The molecule has 1 atom stereocenters. The molecule has 1 aromatic carbocycles. The largest absolute Gasteiger partial charge is 0.420 e. The molecule has 112 valence electrons. The Kier molecular flexibility index (Phi) is 3.82. The van der Waals surface area contributed by atoms with Gasteiger partial charge < -0.3 is 9.32 Å². The van der Waals surface area contributed by atoms with Crippen LogP contribution < -0.4 is 5.76 Å². The first-order chi connectivity index (χ1) is 10.2. The summed E-state index contributed by atoms with van der Waals surface area (Å²) >= 11 is 0. The van der Waals surface area contributed by atoms with E-state index in [4.69, 9.17) is 4.42 Å². The lowest BCUT2D eigenvalue weighted by Crippen LogP contribution is -2.38. The predicted octanol–water partition coefficient (Wildman–Crippen LogP) is 2.56. The van der Waals surface area contributed by atoms with Crippen molar-refractivity contribution in [2.24, 2.45) is 0 Å². The van der Waals surface area contributed by atoms with Crippen LogP contribution in [0.2, 0.25) is 0 Å². The number of amides is 1. The van der Waals surface area contributed by atoms with E-state index < -0.39 is 11.8 Å². The molecule has 0 aliphatic carbocycles. The molecule has 0 spiro atoms. The fourth-order valence-corrected chi connectivity index (χ4v) is 3.02. The third kappa shape index (κ3) is 2.60. The summed E-state index contributed by atoms with van der Waals surface area (Å²) in [5.74, 6) is -0.461. The molecule has 2 aromatic rings. The maximum Gasteiger partial charge on any atom is 0.420 e. The average molecular weight is 288 g/mol. The van der Waals surface area contributed by atoms with Gasteiger partial charge in [0.05, 0.1) is 5.52 Å². The van der Waals surface area contributed by atoms with E-state index in [1.807, 2.05) is 23.1 Å². The molecule has 0 unspecified atom stereocenters. The Balaban J connectivity index is 1.92. The summed E-state index contributed by atoms with van der Waals surface area (Å²) in [6.45, 7) is 3.35. The van der Waals surface area contributed by atoms with Gasteiger partial charge in [-0.25, -0.2) is 4.79 Å². The third-order valence-electron chi connectivity index (χ3n) is 4.18. The van der Waals surface area contributed by atoms with E-state index in [1.165, 1.54) is 17.4 Å². The van der Waals surface area contributed by atoms with Crippen LogP contribution in [0.5, 0.6) is 0 Å². The number of hydrogen-bond donors (Lipinski definition) is 0. The van der Waals surface area contributed by atoms with E-state index in [-0.39, 0.29) is 5.91 Å². The molecule has 5 nitrogen and oxygen atoms in total. The molecule has 1 aromatic heterocycles. The molecule has 2 heterocycles. The van der Waals surface area contributed by atoms with Crippen molar-refractivity contribution in [2.75, 3.05) is 13.1 Å². The Bertz CT molecular complexity index is 693. The van der Waals surface area contributed by atoms with Gasteiger partial charge in [0, 0.05) is 13.1 Å². The highest BCUT2D eigenvalue weighted by molar-refractivity contribution is 5.83. The molecule has 0 N–H and O–H groups in total. The van der Waals surface area contributed by atoms with Crippen molar-refractivity contribution >= 4 is 17.0 Å². The SMILES string of the molecule is C[C@H](C(=O)N1CCCCCC1)n1c(=O)oc2ccccc21. The second kappa shape index (κ2) is 5.76. The smallest absolute Gasteiger partial charge is 0.408 e. The molecule has 1 fully saturated rings. The minimum absolute atomic E-state index is 0.00514. The number of fused-ring (bicyclic) bond motifs is 1. The molecule has 3 rings (SSSR count). The second-order valence-electron chi connectivity index (χ2n) is 5.62. The first kappa shape index (κ1) is 13.9. The number of carbonyl (C=O) groups excluding carboxylic acids is 1. The minimum atomic E-state index is -0.528. The quantitative estimate of drug-likeness (QED) is 0.853. The van der Waals surface area contributed by atoms with Crippen LogP contribution in [0.15, 0.2) is 33.5 Å². The summed E-state index contributed by atoms with van der Waals surface area (Å²) in [6.07, 6.45) is 4.43. The van der Waals surface area contributed by atoms with Crippen LogP contribution in [0, 0.1) is 0 Å². The van der Waals surface area contributed by atoms with Gasteiger partial charge in [0.2, 0.25) is 5.91 Å². The van der Waals surface area contributed by atoms with Crippen LogP contribution in [-0.4, -0.2) is 28.5 Å². The second-order valence-corrected chi connectivity index (χ2v) is 5.62. The Morgan fingerprint density at radius 1 is 1.14 bits per heavy atom. The highest BCUT2D eigenvalue weighted by atomic mass is 16.4. The zero-order valence-electron chi connectivity index (χ0n) is 12.2. The van der Waals surface area contributed by atoms with Gasteiger partial charge in [-0.05, 0) is 31.9 Å². The Morgan fingerprint density at radius 3 is 2.52 bits per heavy atom. The summed E-state index contributed by atoms with van der Waals surface area (Å²) in [5.41, 5.74) is 1.20. The van der Waals surface area contributed by atoms with Gasteiger partial charge >= 0.3 is 5.76 Å². The standard InChI is InChI=1S/C16H20N2O3/c1-12(15(19)17-10-6-2-3-7-11-17)18-13-8-4-5-9-14(13)21-16(18)20/h4-5,8-9,12H,2-3,6-7,10-11H2,1H3/t12-/m1/s1. The Morgan fingerprint density at radius 2 is 1.81 bits per heavy atom. The summed E-state index contributed by atoms with van der Waals surface area (Å²) in [4.78, 5) is 26.6. The maximum absolute atomic E-state index is 12.7. The monoisotopic (exact) mass is 288 g/mol. The summed E-state index contributed by atoms with van der Waals surface area (Å²) < 4.78 is 6.68. The molecule has 5 heteroatoms. The number of hydrogen-bond acceptors (Lipinski definition) is 3. The number of aromatic nitrogens is 1. The van der Waals surface area contributed by atoms with E-state index >= 15 is 0 Å². The van der Waals surface area contributed by atoms with Crippen molar-refractivity contribution in [3.63, 3.8) is 0 Å². The molecular formula is C16H20N2O3. The number of carbonyl (C=O) groups is 1. The molecular weight excluding hydrogens is 268 g/mol. The zero-order chi connectivity index (χ0) is 14.8. The minimum Gasteiger partial charge on any atom is -0.408 e. The summed E-state index contributed by atoms with van der Waals surface area (Å²) in [5, 5.41) is 0. The van der Waals surface area contributed by atoms with E-state index in [2.05, 4.69) is 0 Å².